The van der Waals surface area contributed by atoms with Crippen molar-refractivity contribution < 1.29 is 4.74 Å². The highest BCUT2D eigenvalue weighted by atomic mass is 79.9. The van der Waals surface area contributed by atoms with Crippen molar-refractivity contribution in [2.24, 2.45) is 0 Å². The molecule has 1 aromatic carbocycles. The third-order valence-electron chi connectivity index (χ3n) is 1.95. The van der Waals surface area contributed by atoms with Crippen molar-refractivity contribution in [3.8, 4) is 17.8 Å². The number of nitriles is 1. The minimum Gasteiger partial charge on any atom is -0.424 e. The lowest BCUT2D eigenvalue weighted by atomic mass is 10.3. The Morgan fingerprint density at radius 2 is 2.12 bits per heavy atom. The molecule has 1 heterocycles. The molecule has 0 unspecified atom stereocenters. The zero-order valence-electron chi connectivity index (χ0n) is 9.01. The Morgan fingerprint density at radius 3 is 2.82 bits per heavy atom. The SMILES string of the molecule is Cc1cc(C#N)nc(Oc2cccc(Br)c2)n1. The molecule has 1 aromatic heterocycles. The molecule has 0 spiro atoms. The molecule has 5 heteroatoms. The normalized spacial score (nSPS) is 9.71. The first-order valence-corrected chi connectivity index (χ1v) is 5.66. The molecule has 0 saturated carbocycles. The van der Waals surface area contributed by atoms with E-state index >= 15 is 0 Å². The Kier molecular flexibility index (Phi) is 3.35. The zero-order valence-corrected chi connectivity index (χ0v) is 10.6. The molecule has 4 nitrogen and oxygen atoms in total. The van der Waals surface area contributed by atoms with Gasteiger partial charge < -0.3 is 4.74 Å². The van der Waals surface area contributed by atoms with Crippen LogP contribution in [0.2, 0.25) is 0 Å². The molecule has 0 aliphatic carbocycles. The second-order valence-electron chi connectivity index (χ2n) is 3.35. The fraction of sp³-hybridized carbons (Fsp3) is 0.0833. The highest BCUT2D eigenvalue weighted by Gasteiger charge is 2.04. The third-order valence-corrected chi connectivity index (χ3v) is 2.45. The first-order valence-electron chi connectivity index (χ1n) is 4.86. The molecule has 0 bridgehead atoms. The maximum atomic E-state index is 8.79. The zero-order chi connectivity index (χ0) is 12.3. The number of rotatable bonds is 2. The minimum absolute atomic E-state index is 0.180. The van der Waals surface area contributed by atoms with Crippen LogP contribution in [0.25, 0.3) is 0 Å². The number of ether oxygens (including phenoxy) is 1. The van der Waals surface area contributed by atoms with Crippen LogP contribution in [-0.4, -0.2) is 9.97 Å². The standard InChI is InChI=1S/C12H8BrN3O/c1-8-5-10(7-14)16-12(15-8)17-11-4-2-3-9(13)6-11/h2-6H,1H3. The molecular formula is C12H8BrN3O. The van der Waals surface area contributed by atoms with E-state index in [-0.39, 0.29) is 6.01 Å². The molecule has 0 aliphatic heterocycles. The third kappa shape index (κ3) is 3.02. The molecule has 0 aliphatic rings. The molecule has 0 saturated heterocycles. The predicted octanol–water partition coefficient (Wildman–Crippen LogP) is 3.21. The summed E-state index contributed by atoms with van der Waals surface area (Å²) in [5.74, 6) is 0.619. The van der Waals surface area contributed by atoms with E-state index in [4.69, 9.17) is 10.00 Å². The van der Waals surface area contributed by atoms with E-state index in [1.54, 1.807) is 25.1 Å². The lowest BCUT2D eigenvalue weighted by Gasteiger charge is -2.04. The monoisotopic (exact) mass is 289 g/mol. The first-order chi connectivity index (χ1) is 8.17. The molecule has 2 rings (SSSR count). The van der Waals surface area contributed by atoms with Gasteiger partial charge in [-0.15, -0.1) is 0 Å². The van der Waals surface area contributed by atoms with Crippen molar-refractivity contribution in [1.82, 2.24) is 9.97 Å². The van der Waals surface area contributed by atoms with Gasteiger partial charge in [-0.3, -0.25) is 0 Å². The molecule has 0 N–H and O–H groups in total. The van der Waals surface area contributed by atoms with E-state index in [1.165, 1.54) is 0 Å². The van der Waals surface area contributed by atoms with Crippen LogP contribution in [0.15, 0.2) is 34.8 Å². The lowest BCUT2D eigenvalue weighted by molar-refractivity contribution is 0.439. The van der Waals surface area contributed by atoms with Crippen LogP contribution in [0, 0.1) is 18.3 Å². The smallest absolute Gasteiger partial charge is 0.323 e. The predicted molar refractivity (Wildman–Crippen MR) is 65.7 cm³/mol. The molecule has 0 atom stereocenters. The van der Waals surface area contributed by atoms with E-state index < -0.39 is 0 Å². The number of aromatic nitrogens is 2. The topological polar surface area (TPSA) is 58.8 Å². The average Bonchev–Trinajstić information content (AvgIpc) is 2.28. The number of hydrogen-bond acceptors (Lipinski definition) is 4. The van der Waals surface area contributed by atoms with Gasteiger partial charge in [0.25, 0.3) is 0 Å². The number of aryl methyl sites for hydroxylation is 1. The average molecular weight is 290 g/mol. The number of nitrogens with zero attached hydrogens (tertiary/aromatic N) is 3. The van der Waals surface area contributed by atoms with Crippen LogP contribution < -0.4 is 4.74 Å². The van der Waals surface area contributed by atoms with Crippen molar-refractivity contribution >= 4 is 15.9 Å². The van der Waals surface area contributed by atoms with Gasteiger partial charge in [0.05, 0.1) is 0 Å². The highest BCUT2D eigenvalue weighted by molar-refractivity contribution is 9.10. The summed E-state index contributed by atoms with van der Waals surface area (Å²) in [6, 6.07) is 11.1. The van der Waals surface area contributed by atoms with E-state index in [0.717, 1.165) is 4.47 Å². The van der Waals surface area contributed by atoms with Gasteiger partial charge in [-0.2, -0.15) is 10.2 Å². The molecule has 17 heavy (non-hydrogen) atoms. The largest absolute Gasteiger partial charge is 0.424 e. The Labute approximate surface area is 107 Å². The highest BCUT2D eigenvalue weighted by Crippen LogP contribution is 2.22. The summed E-state index contributed by atoms with van der Waals surface area (Å²) in [7, 11) is 0. The van der Waals surface area contributed by atoms with E-state index in [9.17, 15) is 0 Å². The molecule has 2 aromatic rings. The molecule has 0 radical (unpaired) electrons. The van der Waals surface area contributed by atoms with Gasteiger partial charge in [0.2, 0.25) is 0 Å². The van der Waals surface area contributed by atoms with Crippen molar-refractivity contribution in [3.63, 3.8) is 0 Å². The van der Waals surface area contributed by atoms with Crippen LogP contribution in [0.3, 0.4) is 0 Å². The van der Waals surface area contributed by atoms with Gasteiger partial charge in [0.15, 0.2) is 0 Å². The van der Waals surface area contributed by atoms with E-state index in [1.807, 2.05) is 18.2 Å². The van der Waals surface area contributed by atoms with Gasteiger partial charge in [-0.25, -0.2) is 4.98 Å². The van der Waals surface area contributed by atoms with Gasteiger partial charge >= 0.3 is 6.01 Å². The van der Waals surface area contributed by atoms with Crippen LogP contribution in [0.4, 0.5) is 0 Å². The summed E-state index contributed by atoms with van der Waals surface area (Å²) in [6.45, 7) is 1.79. The number of hydrogen-bond donors (Lipinski definition) is 0. The van der Waals surface area contributed by atoms with E-state index in [2.05, 4.69) is 25.9 Å². The van der Waals surface area contributed by atoms with Crippen LogP contribution in [-0.2, 0) is 0 Å². The minimum atomic E-state index is 0.180. The summed E-state index contributed by atoms with van der Waals surface area (Å²) in [4.78, 5) is 8.07. The second-order valence-corrected chi connectivity index (χ2v) is 4.26. The first kappa shape index (κ1) is 11.6. The molecule has 84 valence electrons. The Balaban J connectivity index is 2.30. The van der Waals surface area contributed by atoms with Crippen LogP contribution in [0.1, 0.15) is 11.4 Å². The van der Waals surface area contributed by atoms with Crippen LogP contribution in [0.5, 0.6) is 11.8 Å². The second kappa shape index (κ2) is 4.93. The summed E-state index contributed by atoms with van der Waals surface area (Å²) in [5, 5.41) is 8.79. The van der Waals surface area contributed by atoms with Crippen molar-refractivity contribution in [2.45, 2.75) is 6.92 Å². The lowest BCUT2D eigenvalue weighted by Crippen LogP contribution is -1.96. The Bertz CT molecular complexity index is 593. The maximum Gasteiger partial charge on any atom is 0.323 e. The fourth-order valence-electron chi connectivity index (χ4n) is 1.28. The van der Waals surface area contributed by atoms with Gasteiger partial charge in [-0.05, 0) is 31.2 Å². The summed E-state index contributed by atoms with van der Waals surface area (Å²) in [6.07, 6.45) is 0. The number of benzene rings is 1. The maximum absolute atomic E-state index is 8.79. The van der Waals surface area contributed by atoms with Gasteiger partial charge in [-0.1, -0.05) is 22.0 Å². The quantitative estimate of drug-likeness (QED) is 0.852. The van der Waals surface area contributed by atoms with Crippen molar-refractivity contribution in [1.29, 1.82) is 5.26 Å². The Hall–Kier alpha value is -1.93. The van der Waals surface area contributed by atoms with Crippen molar-refractivity contribution in [2.75, 3.05) is 0 Å². The summed E-state index contributed by atoms with van der Waals surface area (Å²) < 4.78 is 6.38. The van der Waals surface area contributed by atoms with Gasteiger partial charge in [0.1, 0.15) is 17.5 Å². The molecule has 0 fully saturated rings. The van der Waals surface area contributed by atoms with Crippen molar-refractivity contribution in [3.05, 3.63) is 46.2 Å². The van der Waals surface area contributed by atoms with Gasteiger partial charge in [0, 0.05) is 10.2 Å². The number of halogens is 1. The summed E-state index contributed by atoms with van der Waals surface area (Å²) in [5.41, 5.74) is 0.990. The van der Waals surface area contributed by atoms with E-state index in [0.29, 0.717) is 17.1 Å². The molecule has 0 amide bonds. The molecular weight excluding hydrogens is 282 g/mol. The fourth-order valence-corrected chi connectivity index (χ4v) is 1.66. The Morgan fingerprint density at radius 1 is 1.29 bits per heavy atom. The summed E-state index contributed by atoms with van der Waals surface area (Å²) >= 11 is 3.34. The van der Waals surface area contributed by atoms with Crippen LogP contribution >= 0.6 is 15.9 Å².